The Balaban J connectivity index is 1.81. The molecule has 4 unspecified atom stereocenters. The van der Waals surface area contributed by atoms with E-state index < -0.39 is 5.97 Å². The minimum absolute atomic E-state index is 0.0442. The van der Waals surface area contributed by atoms with E-state index in [1.807, 2.05) is 13.8 Å². The fraction of sp³-hybridized carbons (Fsp3) is 0.857. The third-order valence-corrected chi connectivity index (χ3v) is 4.20. The van der Waals surface area contributed by atoms with Crippen LogP contribution in [0.5, 0.6) is 0 Å². The number of aliphatic carboxylic acids is 1. The zero-order chi connectivity index (χ0) is 14.7. The van der Waals surface area contributed by atoms with Crippen molar-refractivity contribution in [3.63, 3.8) is 0 Å². The number of nitrogens with zero attached hydrogens (tertiary/aromatic N) is 1. The number of amides is 2. The Labute approximate surface area is 119 Å². The first-order chi connectivity index (χ1) is 9.47. The third kappa shape index (κ3) is 3.62. The highest BCUT2D eigenvalue weighted by molar-refractivity contribution is 5.75. The molecular formula is C14H24N2O4. The van der Waals surface area contributed by atoms with Gasteiger partial charge in [0.15, 0.2) is 0 Å². The van der Waals surface area contributed by atoms with Gasteiger partial charge in [0, 0.05) is 19.6 Å². The topological polar surface area (TPSA) is 78.9 Å². The summed E-state index contributed by atoms with van der Waals surface area (Å²) < 4.78 is 5.59. The zero-order valence-corrected chi connectivity index (χ0v) is 12.2. The number of nitrogens with one attached hydrogen (secondary N) is 1. The van der Waals surface area contributed by atoms with E-state index in [0.29, 0.717) is 19.6 Å². The van der Waals surface area contributed by atoms with Crippen LogP contribution in [-0.2, 0) is 9.53 Å². The number of morpholine rings is 1. The first kappa shape index (κ1) is 15.1. The van der Waals surface area contributed by atoms with E-state index in [0.717, 1.165) is 19.3 Å². The van der Waals surface area contributed by atoms with Gasteiger partial charge in [-0.3, -0.25) is 4.79 Å². The molecule has 2 rings (SSSR count). The van der Waals surface area contributed by atoms with E-state index >= 15 is 0 Å². The zero-order valence-electron chi connectivity index (χ0n) is 12.2. The highest BCUT2D eigenvalue weighted by Crippen LogP contribution is 2.31. The Hall–Kier alpha value is -1.30. The Morgan fingerprint density at radius 1 is 1.25 bits per heavy atom. The number of urea groups is 1. The molecule has 4 atom stereocenters. The summed E-state index contributed by atoms with van der Waals surface area (Å²) in [5.74, 6) is -0.986. The molecule has 0 spiro atoms. The van der Waals surface area contributed by atoms with E-state index in [9.17, 15) is 9.59 Å². The number of carbonyl (C=O) groups excluding carboxylic acids is 1. The second kappa shape index (κ2) is 6.43. The monoisotopic (exact) mass is 284 g/mol. The van der Waals surface area contributed by atoms with Gasteiger partial charge in [-0.25, -0.2) is 4.79 Å². The second-order valence-electron chi connectivity index (χ2n) is 5.98. The lowest BCUT2D eigenvalue weighted by molar-refractivity contribution is -0.142. The molecule has 1 saturated carbocycles. The van der Waals surface area contributed by atoms with Crippen molar-refractivity contribution in [1.82, 2.24) is 10.2 Å². The maximum atomic E-state index is 12.1. The standard InChI is InChI=1S/C14H24N2O4/c1-9-7-16(8-10(2)20-9)14(19)15-6-11-4-3-5-12(11)13(17)18/h9-12H,3-8H2,1-2H3,(H,15,19)(H,17,18). The highest BCUT2D eigenvalue weighted by atomic mass is 16.5. The van der Waals surface area contributed by atoms with E-state index in [-0.39, 0.29) is 30.1 Å². The van der Waals surface area contributed by atoms with E-state index in [4.69, 9.17) is 9.84 Å². The van der Waals surface area contributed by atoms with Crippen molar-refractivity contribution in [3.05, 3.63) is 0 Å². The van der Waals surface area contributed by atoms with Gasteiger partial charge in [-0.05, 0) is 32.6 Å². The Morgan fingerprint density at radius 3 is 2.50 bits per heavy atom. The van der Waals surface area contributed by atoms with Gasteiger partial charge in [-0.2, -0.15) is 0 Å². The molecule has 0 aromatic rings. The lowest BCUT2D eigenvalue weighted by atomic mass is 9.96. The predicted octanol–water partition coefficient (Wildman–Crippen LogP) is 1.31. The molecule has 2 N–H and O–H groups in total. The first-order valence-corrected chi connectivity index (χ1v) is 7.38. The van der Waals surface area contributed by atoms with Crippen molar-refractivity contribution in [2.75, 3.05) is 19.6 Å². The van der Waals surface area contributed by atoms with Gasteiger partial charge in [0.1, 0.15) is 0 Å². The lowest BCUT2D eigenvalue weighted by Crippen LogP contribution is -2.52. The van der Waals surface area contributed by atoms with Crippen LogP contribution in [0.3, 0.4) is 0 Å². The highest BCUT2D eigenvalue weighted by Gasteiger charge is 2.33. The molecule has 2 fully saturated rings. The molecule has 6 nitrogen and oxygen atoms in total. The van der Waals surface area contributed by atoms with Crippen LogP contribution in [0.1, 0.15) is 33.1 Å². The van der Waals surface area contributed by atoms with E-state index in [2.05, 4.69) is 5.32 Å². The number of rotatable bonds is 3. The minimum atomic E-state index is -0.740. The second-order valence-corrected chi connectivity index (χ2v) is 5.98. The summed E-state index contributed by atoms with van der Waals surface area (Å²) in [6, 6.07) is -0.108. The number of carbonyl (C=O) groups is 2. The minimum Gasteiger partial charge on any atom is -0.481 e. The quantitative estimate of drug-likeness (QED) is 0.819. The number of hydrogen-bond acceptors (Lipinski definition) is 3. The molecule has 1 saturated heterocycles. The smallest absolute Gasteiger partial charge is 0.317 e. The van der Waals surface area contributed by atoms with E-state index in [1.165, 1.54) is 0 Å². The van der Waals surface area contributed by atoms with Crippen LogP contribution >= 0.6 is 0 Å². The van der Waals surface area contributed by atoms with Crippen molar-refractivity contribution < 1.29 is 19.4 Å². The Morgan fingerprint density at radius 2 is 1.90 bits per heavy atom. The fourth-order valence-electron chi connectivity index (χ4n) is 3.28. The lowest BCUT2D eigenvalue weighted by Gasteiger charge is -2.35. The van der Waals surface area contributed by atoms with Crippen LogP contribution in [0.25, 0.3) is 0 Å². The van der Waals surface area contributed by atoms with Gasteiger partial charge < -0.3 is 20.1 Å². The number of carboxylic acid groups (broad SMARTS) is 1. The molecule has 0 bridgehead atoms. The van der Waals surface area contributed by atoms with Gasteiger partial charge in [0.05, 0.1) is 18.1 Å². The Kier molecular flexibility index (Phi) is 4.86. The van der Waals surface area contributed by atoms with Gasteiger partial charge in [-0.1, -0.05) is 6.42 Å². The molecule has 20 heavy (non-hydrogen) atoms. The van der Waals surface area contributed by atoms with Crippen LogP contribution < -0.4 is 5.32 Å². The summed E-state index contributed by atoms with van der Waals surface area (Å²) in [5, 5.41) is 12.0. The van der Waals surface area contributed by atoms with Gasteiger partial charge in [0.25, 0.3) is 0 Å². The molecule has 1 aliphatic heterocycles. The third-order valence-electron chi connectivity index (χ3n) is 4.20. The average molecular weight is 284 g/mol. The van der Waals surface area contributed by atoms with Crippen LogP contribution in [0.2, 0.25) is 0 Å². The molecule has 6 heteroatoms. The molecular weight excluding hydrogens is 260 g/mol. The maximum Gasteiger partial charge on any atom is 0.317 e. The van der Waals surface area contributed by atoms with Crippen molar-refractivity contribution in [2.24, 2.45) is 11.8 Å². The molecule has 1 aliphatic carbocycles. The Bertz CT molecular complexity index is 364. The summed E-state index contributed by atoms with van der Waals surface area (Å²) in [6.07, 6.45) is 2.63. The summed E-state index contributed by atoms with van der Waals surface area (Å²) in [5.41, 5.74) is 0. The normalized spacial score (nSPS) is 34.0. The molecule has 0 radical (unpaired) electrons. The summed E-state index contributed by atoms with van der Waals surface area (Å²) in [7, 11) is 0. The first-order valence-electron chi connectivity index (χ1n) is 7.38. The van der Waals surface area contributed by atoms with Gasteiger partial charge in [0.2, 0.25) is 0 Å². The van der Waals surface area contributed by atoms with Crippen molar-refractivity contribution in [1.29, 1.82) is 0 Å². The van der Waals surface area contributed by atoms with Crippen molar-refractivity contribution >= 4 is 12.0 Å². The number of carboxylic acids is 1. The number of hydrogen-bond donors (Lipinski definition) is 2. The molecule has 1 heterocycles. The average Bonchev–Trinajstić information content (AvgIpc) is 2.83. The molecule has 0 aromatic heterocycles. The van der Waals surface area contributed by atoms with Gasteiger partial charge >= 0.3 is 12.0 Å². The number of ether oxygens (including phenoxy) is 1. The summed E-state index contributed by atoms with van der Waals surface area (Å²) in [4.78, 5) is 25.0. The predicted molar refractivity (Wildman–Crippen MR) is 73.4 cm³/mol. The van der Waals surface area contributed by atoms with Crippen LogP contribution in [0.4, 0.5) is 4.79 Å². The largest absolute Gasteiger partial charge is 0.481 e. The van der Waals surface area contributed by atoms with E-state index in [1.54, 1.807) is 4.90 Å². The van der Waals surface area contributed by atoms with Crippen LogP contribution in [0.15, 0.2) is 0 Å². The van der Waals surface area contributed by atoms with Crippen molar-refractivity contribution in [2.45, 2.75) is 45.3 Å². The van der Waals surface area contributed by atoms with Gasteiger partial charge in [-0.15, -0.1) is 0 Å². The SMILES string of the molecule is CC1CN(C(=O)NCC2CCCC2C(=O)O)CC(C)O1. The van der Waals surface area contributed by atoms with Crippen molar-refractivity contribution in [3.8, 4) is 0 Å². The van der Waals surface area contributed by atoms with Crippen LogP contribution in [-0.4, -0.2) is 53.8 Å². The fourth-order valence-corrected chi connectivity index (χ4v) is 3.28. The maximum absolute atomic E-state index is 12.1. The van der Waals surface area contributed by atoms with Crippen LogP contribution in [0, 0.1) is 11.8 Å². The summed E-state index contributed by atoms with van der Waals surface area (Å²) >= 11 is 0. The molecule has 2 amide bonds. The molecule has 114 valence electrons. The summed E-state index contributed by atoms with van der Waals surface area (Å²) in [6.45, 7) is 5.53. The molecule has 0 aromatic carbocycles. The molecule has 2 aliphatic rings.